The van der Waals surface area contributed by atoms with E-state index >= 15 is 0 Å². The summed E-state index contributed by atoms with van der Waals surface area (Å²) < 4.78 is 0.957. The van der Waals surface area contributed by atoms with Crippen LogP contribution >= 0.6 is 31.9 Å². The lowest BCUT2D eigenvalue weighted by molar-refractivity contribution is -0.136. The minimum absolute atomic E-state index is 0.0651. The number of aromatic hydroxyl groups is 1. The summed E-state index contributed by atoms with van der Waals surface area (Å²) in [7, 11) is 0. The first kappa shape index (κ1) is 20.0. The van der Waals surface area contributed by atoms with Gasteiger partial charge in [0.1, 0.15) is 5.75 Å². The zero-order valence-corrected chi connectivity index (χ0v) is 17.8. The molecule has 0 radical (unpaired) electrons. The number of hydrazone groups is 1. The Labute approximate surface area is 177 Å². The molecule has 0 saturated carbocycles. The number of phenols is 1. The van der Waals surface area contributed by atoms with Gasteiger partial charge in [0, 0.05) is 5.69 Å². The van der Waals surface area contributed by atoms with E-state index in [0.717, 1.165) is 10.8 Å². The van der Waals surface area contributed by atoms with Crippen LogP contribution in [-0.4, -0.2) is 22.6 Å². The van der Waals surface area contributed by atoms with Crippen LogP contribution in [0.2, 0.25) is 0 Å². The Hall–Kier alpha value is -2.71. The van der Waals surface area contributed by atoms with Crippen LogP contribution in [0.15, 0.2) is 68.6 Å². The van der Waals surface area contributed by atoms with Crippen LogP contribution in [0.25, 0.3) is 10.8 Å². The number of anilines is 1. The maximum absolute atomic E-state index is 12.1. The number of benzene rings is 3. The molecular weight excluding hydrogens is 490 g/mol. The van der Waals surface area contributed by atoms with Gasteiger partial charge in [-0.05, 0) is 79.4 Å². The highest BCUT2D eigenvalue weighted by Crippen LogP contribution is 2.33. The van der Waals surface area contributed by atoms with Crippen LogP contribution in [0.4, 0.5) is 5.69 Å². The molecule has 28 heavy (non-hydrogen) atoms. The Balaban J connectivity index is 1.68. The van der Waals surface area contributed by atoms with Gasteiger partial charge in [0.15, 0.2) is 0 Å². The minimum Gasteiger partial charge on any atom is -0.506 e. The van der Waals surface area contributed by atoms with Crippen molar-refractivity contribution in [2.45, 2.75) is 6.92 Å². The number of fused-ring (bicyclic) bond motifs is 1. The molecule has 0 spiro atoms. The third kappa shape index (κ3) is 4.58. The monoisotopic (exact) mass is 503 g/mol. The number of carbonyl (C=O) groups is 2. The van der Waals surface area contributed by atoms with Crippen LogP contribution in [0, 0.1) is 0 Å². The summed E-state index contributed by atoms with van der Waals surface area (Å²) in [6.45, 7) is 1.67. The van der Waals surface area contributed by atoms with E-state index < -0.39 is 11.8 Å². The van der Waals surface area contributed by atoms with Crippen molar-refractivity contribution >= 4 is 65.8 Å². The van der Waals surface area contributed by atoms with E-state index in [1.807, 2.05) is 30.3 Å². The van der Waals surface area contributed by atoms with Gasteiger partial charge in [-0.15, -0.1) is 0 Å². The van der Waals surface area contributed by atoms with Gasteiger partial charge in [0.2, 0.25) is 0 Å². The highest BCUT2D eigenvalue weighted by molar-refractivity contribution is 9.11. The van der Waals surface area contributed by atoms with Crippen LogP contribution in [0.1, 0.15) is 12.5 Å². The number of carbonyl (C=O) groups excluding carboxylic acids is 2. The molecule has 3 aromatic carbocycles. The first-order valence-corrected chi connectivity index (χ1v) is 9.76. The Bertz CT molecular complexity index is 1090. The summed E-state index contributed by atoms with van der Waals surface area (Å²) >= 11 is 6.47. The number of amides is 2. The zero-order chi connectivity index (χ0) is 20.3. The van der Waals surface area contributed by atoms with E-state index in [-0.39, 0.29) is 5.75 Å². The second kappa shape index (κ2) is 8.53. The second-order valence-electron chi connectivity index (χ2n) is 5.94. The summed E-state index contributed by atoms with van der Waals surface area (Å²) in [5, 5.41) is 18.3. The molecule has 0 unspecified atom stereocenters. The molecule has 8 heteroatoms. The number of hydrogen-bond donors (Lipinski definition) is 3. The van der Waals surface area contributed by atoms with Gasteiger partial charge in [-0.1, -0.05) is 30.3 Å². The van der Waals surface area contributed by atoms with Crippen molar-refractivity contribution in [1.82, 2.24) is 5.43 Å². The fourth-order valence-corrected chi connectivity index (χ4v) is 3.67. The lowest BCUT2D eigenvalue weighted by Crippen LogP contribution is -2.32. The van der Waals surface area contributed by atoms with Gasteiger partial charge in [-0.25, -0.2) is 5.43 Å². The molecular formula is C20H15Br2N3O3. The van der Waals surface area contributed by atoms with Crippen molar-refractivity contribution < 1.29 is 14.7 Å². The molecule has 0 atom stereocenters. The van der Waals surface area contributed by atoms with Crippen molar-refractivity contribution in [2.75, 3.05) is 5.32 Å². The molecule has 3 N–H and O–H groups in total. The lowest BCUT2D eigenvalue weighted by atomic mass is 10.1. The average molecular weight is 505 g/mol. The Kier molecular flexibility index (Phi) is 6.11. The van der Waals surface area contributed by atoms with E-state index in [4.69, 9.17) is 0 Å². The molecule has 0 aliphatic heterocycles. The molecule has 3 aromatic rings. The Morgan fingerprint density at radius 2 is 1.57 bits per heavy atom. The van der Waals surface area contributed by atoms with Gasteiger partial charge in [0.25, 0.3) is 0 Å². The van der Waals surface area contributed by atoms with E-state index in [1.54, 1.807) is 31.2 Å². The van der Waals surface area contributed by atoms with Crippen molar-refractivity contribution in [1.29, 1.82) is 0 Å². The first-order valence-electron chi connectivity index (χ1n) is 8.18. The fourth-order valence-electron chi connectivity index (χ4n) is 2.48. The van der Waals surface area contributed by atoms with Crippen LogP contribution in [0.5, 0.6) is 5.75 Å². The maximum Gasteiger partial charge on any atom is 0.329 e. The van der Waals surface area contributed by atoms with E-state index in [1.165, 1.54) is 0 Å². The van der Waals surface area contributed by atoms with Crippen molar-refractivity contribution in [3.63, 3.8) is 0 Å². The molecule has 0 saturated heterocycles. The van der Waals surface area contributed by atoms with Gasteiger partial charge in [-0.3, -0.25) is 9.59 Å². The standard InChI is InChI=1S/C20H15Br2N3O3/c1-11(14-9-16(21)18(26)17(22)10-14)24-25-20(28)19(27)23-15-7-6-12-4-2-3-5-13(12)8-15/h2-10,26H,1H3,(H,23,27)(H,25,28)/b24-11+. The highest BCUT2D eigenvalue weighted by Gasteiger charge is 2.14. The molecule has 0 heterocycles. The number of rotatable bonds is 3. The van der Waals surface area contributed by atoms with Crippen LogP contribution in [0.3, 0.4) is 0 Å². The predicted octanol–water partition coefficient (Wildman–Crippen LogP) is 4.55. The minimum atomic E-state index is -0.885. The quantitative estimate of drug-likeness (QED) is 0.277. The van der Waals surface area contributed by atoms with Crippen LogP contribution in [-0.2, 0) is 9.59 Å². The van der Waals surface area contributed by atoms with Crippen LogP contribution < -0.4 is 10.7 Å². The molecule has 6 nitrogen and oxygen atoms in total. The third-order valence-electron chi connectivity index (χ3n) is 3.97. The predicted molar refractivity (Wildman–Crippen MR) is 116 cm³/mol. The SMILES string of the molecule is C/C(=N\NC(=O)C(=O)Nc1ccc2ccccc2c1)c1cc(Br)c(O)c(Br)c1. The number of nitrogens with one attached hydrogen (secondary N) is 2. The van der Waals surface area contributed by atoms with Gasteiger partial charge in [0.05, 0.1) is 14.7 Å². The highest BCUT2D eigenvalue weighted by atomic mass is 79.9. The number of halogens is 2. The number of phenolic OH excluding ortho intramolecular Hbond substituents is 1. The summed E-state index contributed by atoms with van der Waals surface area (Å²) in [5.74, 6) is -1.64. The topological polar surface area (TPSA) is 90.8 Å². The van der Waals surface area contributed by atoms with Crippen molar-refractivity contribution in [3.05, 3.63) is 69.1 Å². The van der Waals surface area contributed by atoms with Gasteiger partial charge in [-0.2, -0.15) is 5.10 Å². The van der Waals surface area contributed by atoms with Gasteiger partial charge < -0.3 is 10.4 Å². The molecule has 0 fully saturated rings. The maximum atomic E-state index is 12.1. The lowest BCUT2D eigenvalue weighted by Gasteiger charge is -2.07. The van der Waals surface area contributed by atoms with E-state index in [2.05, 4.69) is 47.7 Å². The van der Waals surface area contributed by atoms with Crippen molar-refractivity contribution in [3.8, 4) is 5.75 Å². The summed E-state index contributed by atoms with van der Waals surface area (Å²) in [6, 6.07) is 16.4. The summed E-state index contributed by atoms with van der Waals surface area (Å²) in [4.78, 5) is 24.2. The first-order chi connectivity index (χ1) is 13.3. The molecule has 0 aromatic heterocycles. The molecule has 0 aliphatic carbocycles. The van der Waals surface area contributed by atoms with Gasteiger partial charge >= 0.3 is 11.8 Å². The normalized spacial score (nSPS) is 11.3. The Morgan fingerprint density at radius 1 is 0.929 bits per heavy atom. The average Bonchev–Trinajstić information content (AvgIpc) is 2.69. The number of nitrogens with zero attached hydrogens (tertiary/aromatic N) is 1. The largest absolute Gasteiger partial charge is 0.506 e. The molecule has 3 rings (SSSR count). The molecule has 2 amide bonds. The third-order valence-corrected chi connectivity index (χ3v) is 5.18. The van der Waals surface area contributed by atoms with E-state index in [9.17, 15) is 14.7 Å². The zero-order valence-electron chi connectivity index (χ0n) is 14.7. The smallest absolute Gasteiger partial charge is 0.329 e. The number of hydrogen-bond acceptors (Lipinski definition) is 4. The summed E-state index contributed by atoms with van der Waals surface area (Å²) in [5.41, 5.74) is 3.88. The molecule has 142 valence electrons. The summed E-state index contributed by atoms with van der Waals surface area (Å²) in [6.07, 6.45) is 0. The molecule has 0 aliphatic rings. The fraction of sp³-hybridized carbons (Fsp3) is 0.0500. The Morgan fingerprint density at radius 3 is 2.25 bits per heavy atom. The second-order valence-corrected chi connectivity index (χ2v) is 7.65. The van der Waals surface area contributed by atoms with Crippen molar-refractivity contribution in [2.24, 2.45) is 5.10 Å². The molecule has 0 bridgehead atoms. The van der Waals surface area contributed by atoms with E-state index in [0.29, 0.717) is 25.9 Å².